The summed E-state index contributed by atoms with van der Waals surface area (Å²) in [5, 5.41) is 17.1. The van der Waals surface area contributed by atoms with E-state index >= 15 is 0 Å². The maximum absolute atomic E-state index is 8.64. The number of ether oxygens (including phenoxy) is 1. The Morgan fingerprint density at radius 2 is 1.13 bits per heavy atom. The number of hydrogen-bond acceptors (Lipinski definition) is 7. The number of alkyl halides is 1. The van der Waals surface area contributed by atoms with Gasteiger partial charge < -0.3 is 33.8 Å². The fraction of sp³-hybridized carbons (Fsp3) is 0.242. The number of halogens is 9. The first-order valence-electron chi connectivity index (χ1n) is 14.2. The van der Waals surface area contributed by atoms with Crippen molar-refractivity contribution in [3.05, 3.63) is 125 Å². The van der Waals surface area contributed by atoms with E-state index in [1.165, 1.54) is 6.42 Å². The minimum absolute atomic E-state index is 0. The number of carbonyl (C=O) groups is 1. The zero-order valence-electron chi connectivity index (χ0n) is 29.2. The topological polar surface area (TPSA) is 105 Å². The molecular formula is C33H41Br3CsI6N2O5V2-2. The minimum atomic E-state index is -0.278. The van der Waals surface area contributed by atoms with Gasteiger partial charge in [0.2, 0.25) is 0 Å². The molecule has 0 bridgehead atoms. The normalized spacial score (nSPS) is 8.71. The van der Waals surface area contributed by atoms with E-state index in [0.717, 1.165) is 41.7 Å². The zero-order chi connectivity index (χ0) is 40.3. The summed E-state index contributed by atoms with van der Waals surface area (Å²) >= 11 is 24.4. The molecule has 4 aromatic rings. The third kappa shape index (κ3) is 69.4. The third-order valence-electron chi connectivity index (χ3n) is 3.69. The summed E-state index contributed by atoms with van der Waals surface area (Å²) < 4.78 is 9.31. The second-order valence-electron chi connectivity index (χ2n) is 8.05. The molecule has 0 radical (unpaired) electrons. The molecule has 1 unspecified atom stereocenters. The van der Waals surface area contributed by atoms with E-state index in [4.69, 9.17) is 19.9 Å². The van der Waals surface area contributed by atoms with Crippen molar-refractivity contribution < 1.29 is 108 Å². The number of aromatic hydroxyl groups is 1. The Kier molecular flexibility index (Phi) is 76.3. The number of phenolic OH excluding ortho intramolecular Hbond substituents is 1. The summed E-state index contributed by atoms with van der Waals surface area (Å²) in [6, 6.07) is 22.1. The molecule has 0 aliphatic carbocycles. The van der Waals surface area contributed by atoms with Crippen LogP contribution in [-0.2, 0) is 24.1 Å². The number of rotatable bonds is 4. The molecule has 2 aromatic heterocycles. The first-order valence-corrected chi connectivity index (χ1v) is 40.3. The van der Waals surface area contributed by atoms with Gasteiger partial charge in [-0.25, -0.2) is 0 Å². The van der Waals surface area contributed by atoms with Gasteiger partial charge in [0.25, 0.3) is 6.47 Å². The van der Waals surface area contributed by atoms with Crippen LogP contribution >= 0.6 is 170 Å². The molecule has 0 amide bonds. The van der Waals surface area contributed by atoms with Crippen LogP contribution < -0.4 is 78.9 Å². The molecule has 19 heteroatoms. The number of nitrogens with zero attached hydrogens (tertiary/aromatic N) is 2. The Labute approximate surface area is 476 Å². The average molecular weight is 1780 g/mol. The summed E-state index contributed by atoms with van der Waals surface area (Å²) in [5.74, 6) is 1.86. The fourth-order valence-corrected chi connectivity index (χ4v) is 3.27. The van der Waals surface area contributed by atoms with Gasteiger partial charge in [0.1, 0.15) is 17.2 Å². The Morgan fingerprint density at radius 1 is 0.827 bits per heavy atom. The first-order chi connectivity index (χ1) is 24.2. The quantitative estimate of drug-likeness (QED) is 0.0542. The number of benzene rings is 2. The van der Waals surface area contributed by atoms with Crippen LogP contribution in [0, 0.1) is 13.8 Å². The SMILES string of the molecule is Brc1cncc(Br)c1.Brc1cncc(Oc2ccccc2)c1.CCC(C)I.O=CO[O-].Oc1ccccc1.[CH2-]CC.[CH2-]CC.[Cs+].[I][V]([I])[I].[I][V][I]. The Morgan fingerprint density at radius 3 is 1.37 bits per heavy atom. The number of para-hydroxylation sites is 2. The molecule has 52 heavy (non-hydrogen) atoms. The number of pyridine rings is 2. The molecule has 1 N–H and O–H groups in total. The zero-order valence-corrected chi connectivity index (χ0v) is 56.0. The van der Waals surface area contributed by atoms with E-state index in [-0.39, 0.29) is 80.3 Å². The van der Waals surface area contributed by atoms with Gasteiger partial charge in [0, 0.05) is 35.9 Å². The van der Waals surface area contributed by atoms with Crippen LogP contribution in [0.5, 0.6) is 17.2 Å². The van der Waals surface area contributed by atoms with Crippen LogP contribution in [0.4, 0.5) is 0 Å². The summed E-state index contributed by atoms with van der Waals surface area (Å²) in [4.78, 5) is 18.9. The predicted molar refractivity (Wildman–Crippen MR) is 269 cm³/mol. The van der Waals surface area contributed by atoms with E-state index in [0.29, 0.717) is 15.2 Å². The monoisotopic (exact) mass is 1780 g/mol. The van der Waals surface area contributed by atoms with Crippen LogP contribution in [0.25, 0.3) is 0 Å². The fourth-order valence-electron chi connectivity index (χ4n) is 1.89. The van der Waals surface area contributed by atoms with Crippen molar-refractivity contribution in [1.82, 2.24) is 9.97 Å². The van der Waals surface area contributed by atoms with Gasteiger partial charge in [-0.1, -0.05) is 86.7 Å². The molecule has 0 spiro atoms. The Hall–Kier alpha value is 4.81. The number of hydrogen-bond donors (Lipinski definition) is 1. The van der Waals surface area contributed by atoms with E-state index < -0.39 is 0 Å². The van der Waals surface area contributed by atoms with Gasteiger partial charge in [-0.15, -0.1) is 0 Å². The molecule has 0 fully saturated rings. The van der Waals surface area contributed by atoms with Crippen molar-refractivity contribution in [3.8, 4) is 17.2 Å². The van der Waals surface area contributed by atoms with E-state index in [1.54, 1.807) is 49.1 Å². The second kappa shape index (κ2) is 57.9. The van der Waals surface area contributed by atoms with Gasteiger partial charge in [0.15, 0.2) is 0 Å². The molecule has 7 nitrogen and oxygen atoms in total. The molecule has 0 aliphatic rings. The third-order valence-corrected chi connectivity index (χ3v) is 5.87. The molecule has 1 atom stereocenters. The van der Waals surface area contributed by atoms with Crippen LogP contribution in [0.3, 0.4) is 0 Å². The number of aromatic nitrogens is 2. The number of carbonyl (C=O) groups excluding carboxylic acids is 1. The molecule has 4 rings (SSSR count). The second-order valence-corrected chi connectivity index (χ2v) is 60.1. The van der Waals surface area contributed by atoms with Crippen LogP contribution in [0.15, 0.2) is 111 Å². The van der Waals surface area contributed by atoms with Gasteiger partial charge in [-0.2, -0.15) is 12.8 Å². The van der Waals surface area contributed by atoms with Gasteiger partial charge in [-0.3, -0.25) is 14.8 Å². The summed E-state index contributed by atoms with van der Waals surface area (Å²) in [7, 11) is 0.628. The van der Waals surface area contributed by atoms with Crippen molar-refractivity contribution >= 4 is 177 Å². The van der Waals surface area contributed by atoms with E-state index in [2.05, 4.69) is 213 Å². The van der Waals surface area contributed by atoms with Crippen molar-refractivity contribution in [2.24, 2.45) is 0 Å². The molecule has 2 heterocycles. The molecule has 0 saturated carbocycles. The Bertz CT molecular complexity index is 1240. The standard InChI is InChI=1S/C11H8BrNO.C6H6O.C5H3Br2N.C4H9I.2C3H7.CH2O3.Cs.5HI.2V/c12-9-6-11(8-13-7-9)14-10-4-2-1-3-5-10;7-6-4-2-1-3-5-6;6-4-1-5(7)3-8-2-4;1-3-4(2)5;2*1-3-2;2-1-4-3;;;;;;;;/h1-8H;1-5,7H;1-3H;4H,3H2,1-2H3;2*1,3H2,2H3;1,3H;;5*1H;;/q;;;;2*-1;;+1;;;;;;+2;+3/p-6. The molecule has 289 valence electrons. The van der Waals surface area contributed by atoms with Crippen molar-refractivity contribution in [1.29, 1.82) is 0 Å². The van der Waals surface area contributed by atoms with Crippen LogP contribution in [-0.4, -0.2) is 25.5 Å². The van der Waals surface area contributed by atoms with Gasteiger partial charge in [-0.05, 0) is 90.6 Å². The van der Waals surface area contributed by atoms with Crippen molar-refractivity contribution in [2.45, 2.75) is 50.9 Å². The van der Waals surface area contributed by atoms with Crippen molar-refractivity contribution in [3.63, 3.8) is 0 Å². The van der Waals surface area contributed by atoms with Crippen molar-refractivity contribution in [2.75, 3.05) is 0 Å². The predicted octanol–water partition coefficient (Wildman–Crippen LogP) is 12.2. The summed E-state index contributed by atoms with van der Waals surface area (Å²) in [6.07, 6.45) is 10.2. The van der Waals surface area contributed by atoms with Gasteiger partial charge >= 0.3 is 183 Å². The maximum atomic E-state index is 8.64. The van der Waals surface area contributed by atoms with E-state index in [1.807, 2.05) is 62.4 Å². The average Bonchev–Trinajstić information content (AvgIpc) is 3.07. The molecule has 0 saturated heterocycles. The summed E-state index contributed by atoms with van der Waals surface area (Å²) in [5.41, 5.74) is 0. The van der Waals surface area contributed by atoms with E-state index in [9.17, 15) is 0 Å². The molecular weight excluding hydrogens is 1740 g/mol. The molecule has 2 aromatic carbocycles. The number of phenols is 1. The summed E-state index contributed by atoms with van der Waals surface area (Å²) in [6.45, 7) is 15.2. The van der Waals surface area contributed by atoms with Gasteiger partial charge in [0.05, 0.1) is 6.20 Å². The van der Waals surface area contributed by atoms with Crippen LogP contribution in [0.1, 0.15) is 47.0 Å². The first kappa shape index (κ1) is 68.5. The Balaban J connectivity index is -0.000000122. The molecule has 0 aliphatic heterocycles. The van der Waals surface area contributed by atoms with Crippen LogP contribution in [0.2, 0.25) is 0 Å².